The molecule has 3 unspecified atom stereocenters. The van der Waals surface area contributed by atoms with Crippen molar-refractivity contribution in [1.29, 1.82) is 0 Å². The van der Waals surface area contributed by atoms with Crippen molar-refractivity contribution >= 4 is 10.8 Å². The third-order valence-corrected chi connectivity index (χ3v) is 19.7. The molecule has 9 aromatic carbocycles. The summed E-state index contributed by atoms with van der Waals surface area (Å²) in [7, 11) is 0. The van der Waals surface area contributed by atoms with Gasteiger partial charge in [0.15, 0.2) is 18.4 Å². The van der Waals surface area contributed by atoms with Crippen LogP contribution in [0.3, 0.4) is 0 Å². The molecule has 2 aromatic heterocycles. The highest BCUT2D eigenvalue weighted by Gasteiger charge is 2.62. The van der Waals surface area contributed by atoms with Crippen LogP contribution in [-0.2, 0) is 28.1 Å². The fraction of sp³-hybridized carbons (Fsp3) is 0.271. The predicted molar refractivity (Wildman–Crippen MR) is 368 cm³/mol. The Balaban J connectivity index is 0.967. The molecule has 3 atom stereocenters. The Morgan fingerprint density at radius 3 is 1.40 bits per heavy atom. The number of nitrogens with zero attached hydrogens (tertiary/aromatic N) is 2. The van der Waals surface area contributed by atoms with E-state index < -0.39 is 0 Å². The lowest BCUT2D eigenvalue weighted by Gasteiger charge is -2.43. The molecule has 4 heterocycles. The minimum absolute atomic E-state index is 0.0470. The molecule has 87 heavy (non-hydrogen) atoms. The Morgan fingerprint density at radius 1 is 0.402 bits per heavy atom. The van der Waals surface area contributed by atoms with Gasteiger partial charge in [0, 0.05) is 29.7 Å². The second-order valence-electron chi connectivity index (χ2n) is 28.3. The number of rotatable bonds is 12. The molecular formula is C85H86N2+2. The van der Waals surface area contributed by atoms with E-state index in [9.17, 15) is 0 Å². The summed E-state index contributed by atoms with van der Waals surface area (Å²) in [6, 6.07) is 85.0. The lowest BCUT2D eigenvalue weighted by molar-refractivity contribution is -0.757. The molecule has 2 aliphatic rings. The summed E-state index contributed by atoms with van der Waals surface area (Å²) in [6.45, 7) is 27.8. The van der Waals surface area contributed by atoms with Crippen LogP contribution in [-0.4, -0.2) is 0 Å². The molecule has 434 valence electrons. The quantitative estimate of drug-likeness (QED) is 0.108. The first kappa shape index (κ1) is 57.6. The normalized spacial score (nSPS) is 16.3. The van der Waals surface area contributed by atoms with Crippen molar-refractivity contribution in [3.05, 3.63) is 264 Å². The highest BCUT2D eigenvalue weighted by atomic mass is 15.1. The third-order valence-electron chi connectivity index (χ3n) is 19.7. The zero-order valence-corrected chi connectivity index (χ0v) is 53.5. The first-order chi connectivity index (χ1) is 41.8. The van der Waals surface area contributed by atoms with E-state index in [0.29, 0.717) is 0 Å². The van der Waals surface area contributed by atoms with Crippen LogP contribution in [0.5, 0.6) is 0 Å². The first-order valence-electron chi connectivity index (χ1n) is 32.3. The maximum atomic E-state index is 2.70. The summed E-state index contributed by atoms with van der Waals surface area (Å²) < 4.78 is 5.39. The number of aryl methyl sites for hydroxylation is 1. The van der Waals surface area contributed by atoms with Crippen LogP contribution in [0.1, 0.15) is 154 Å². The van der Waals surface area contributed by atoms with Crippen LogP contribution in [0.2, 0.25) is 0 Å². The summed E-state index contributed by atoms with van der Waals surface area (Å²) in [5.41, 5.74) is 28.0. The molecular weight excluding hydrogens is 1050 g/mol. The second-order valence-corrected chi connectivity index (χ2v) is 28.3. The van der Waals surface area contributed by atoms with E-state index in [1.807, 2.05) is 0 Å². The molecule has 2 heteroatoms. The molecule has 0 fully saturated rings. The van der Waals surface area contributed by atoms with Gasteiger partial charge in [0.05, 0.1) is 16.5 Å². The fourth-order valence-electron chi connectivity index (χ4n) is 14.8. The van der Waals surface area contributed by atoms with Crippen molar-refractivity contribution in [1.82, 2.24) is 0 Å². The average Bonchev–Trinajstić information content (AvgIpc) is 1.64. The van der Waals surface area contributed by atoms with E-state index in [0.717, 1.165) is 19.3 Å². The number of benzene rings is 9. The molecule has 11 aromatic rings. The van der Waals surface area contributed by atoms with Crippen molar-refractivity contribution in [2.24, 2.45) is 0 Å². The zero-order chi connectivity index (χ0) is 60.6. The molecule has 0 N–H and O–H groups in total. The van der Waals surface area contributed by atoms with E-state index in [1.165, 1.54) is 146 Å². The van der Waals surface area contributed by atoms with Crippen molar-refractivity contribution < 1.29 is 9.13 Å². The van der Waals surface area contributed by atoms with Gasteiger partial charge in [0.2, 0.25) is 17.4 Å². The number of hydrogen-bond donors (Lipinski definition) is 0. The molecule has 13 rings (SSSR count). The van der Waals surface area contributed by atoms with Gasteiger partial charge < -0.3 is 0 Å². The summed E-state index contributed by atoms with van der Waals surface area (Å²) >= 11 is 0. The van der Waals surface area contributed by atoms with Crippen molar-refractivity contribution in [3.63, 3.8) is 0 Å². The van der Waals surface area contributed by atoms with Crippen LogP contribution >= 0.6 is 0 Å². The van der Waals surface area contributed by atoms with Crippen LogP contribution in [0, 0.1) is 0 Å². The lowest BCUT2D eigenvalue weighted by atomic mass is 9.61. The molecule has 0 bridgehead atoms. The molecule has 0 saturated heterocycles. The Kier molecular flexibility index (Phi) is 14.8. The van der Waals surface area contributed by atoms with Crippen molar-refractivity contribution in [2.75, 3.05) is 0 Å². The summed E-state index contributed by atoms with van der Waals surface area (Å²) in [5.74, 6) is 0. The molecule has 0 radical (unpaired) electrons. The topological polar surface area (TPSA) is 7.76 Å². The van der Waals surface area contributed by atoms with Gasteiger partial charge in [-0.25, -0.2) is 0 Å². The van der Waals surface area contributed by atoms with Crippen LogP contribution in [0.15, 0.2) is 231 Å². The van der Waals surface area contributed by atoms with Gasteiger partial charge in [-0.15, -0.1) is 0 Å². The minimum Gasteiger partial charge on any atom is -0.194 e. The van der Waals surface area contributed by atoms with Gasteiger partial charge in [0.25, 0.3) is 0 Å². The standard InChI is InChI=1S/C85H86N2/c1-13-16-22-56-29-44-78-75-27-19-20-28-77(75)85(15-3,79(14-2)87(78)55-56)81-74-43-36-63(54-76(74)80-73-26-18-17-23-60(73)45-46-86(80)81)61-24-21-25-62(47-61)67-49-66(59-34-41-72(42-35-59)84(10,11)12)52-69(53-67)68-50-64(57-30-37-70(38-31-57)82(4,5)6)48-65(51-68)58-32-39-71(40-33-58)83(7,8)9/h17-21,23-55,79,81H,13-16,22H2,1-12H3/q+2. The molecule has 0 saturated carbocycles. The average molecular weight is 1140 g/mol. The summed E-state index contributed by atoms with van der Waals surface area (Å²) in [6.07, 6.45) is 10.4. The van der Waals surface area contributed by atoms with Gasteiger partial charge in [-0.3, -0.25) is 0 Å². The molecule has 0 aliphatic carbocycles. The van der Waals surface area contributed by atoms with Gasteiger partial charge in [0.1, 0.15) is 5.41 Å². The molecule has 2 nitrogen and oxygen atoms in total. The van der Waals surface area contributed by atoms with Gasteiger partial charge in [-0.05, 0) is 197 Å². The number of pyridine rings is 2. The van der Waals surface area contributed by atoms with E-state index in [1.54, 1.807) is 0 Å². The highest BCUT2D eigenvalue weighted by Crippen LogP contribution is 2.57. The van der Waals surface area contributed by atoms with E-state index in [4.69, 9.17) is 0 Å². The van der Waals surface area contributed by atoms with Gasteiger partial charge >= 0.3 is 0 Å². The number of hydrogen-bond acceptors (Lipinski definition) is 0. The van der Waals surface area contributed by atoms with Gasteiger partial charge in [-0.2, -0.15) is 9.13 Å². The molecule has 0 spiro atoms. The van der Waals surface area contributed by atoms with Crippen LogP contribution in [0.25, 0.3) is 100 Å². The number of unbranched alkanes of at least 4 members (excludes halogenated alkanes) is 1. The highest BCUT2D eigenvalue weighted by molar-refractivity contribution is 5.96. The summed E-state index contributed by atoms with van der Waals surface area (Å²) in [5, 5.41) is 2.56. The Morgan fingerprint density at radius 2 is 0.874 bits per heavy atom. The number of fused-ring (bicyclic) bond motifs is 8. The second kappa shape index (κ2) is 22.4. The fourth-order valence-corrected chi connectivity index (χ4v) is 14.8. The maximum absolute atomic E-state index is 2.70. The van der Waals surface area contributed by atoms with E-state index in [-0.39, 0.29) is 33.7 Å². The van der Waals surface area contributed by atoms with Gasteiger partial charge in [-0.1, -0.05) is 229 Å². The molecule has 2 aliphatic heterocycles. The summed E-state index contributed by atoms with van der Waals surface area (Å²) in [4.78, 5) is 0. The molecule has 0 amide bonds. The monoisotopic (exact) mass is 1130 g/mol. The van der Waals surface area contributed by atoms with Crippen LogP contribution in [0.4, 0.5) is 0 Å². The maximum Gasteiger partial charge on any atom is 0.221 e. The minimum atomic E-state index is -0.245. The predicted octanol–water partition coefficient (Wildman–Crippen LogP) is 22.2. The zero-order valence-electron chi connectivity index (χ0n) is 53.5. The Bertz CT molecular complexity index is 4310. The SMILES string of the molecule is CCCCc1ccc2[n+](c1)C(CC)C(CC)(C1c3ccc(-c4cccc(-c5cc(-c6ccc(C(C)(C)C)cc6)cc(-c6cc(-c7ccc(C(C)(C)C)cc7)cc(-c7ccc(C(C)(C)C)cc7)c6)c5)c4)cc3-c3c4ccccc4cc[n+]31)c1ccccc1-2. The smallest absolute Gasteiger partial charge is 0.194 e. The lowest BCUT2D eigenvalue weighted by Crippen LogP contribution is -2.62. The Hall–Kier alpha value is -8.46. The first-order valence-corrected chi connectivity index (χ1v) is 32.3. The third kappa shape index (κ3) is 10.5. The van der Waals surface area contributed by atoms with Crippen LogP contribution < -0.4 is 9.13 Å². The van der Waals surface area contributed by atoms with Crippen molar-refractivity contribution in [3.8, 4) is 89.3 Å². The van der Waals surface area contributed by atoms with E-state index in [2.05, 4.69) is 323 Å². The Labute approximate surface area is 519 Å². The number of aromatic nitrogens is 2. The van der Waals surface area contributed by atoms with E-state index >= 15 is 0 Å². The van der Waals surface area contributed by atoms with Crippen molar-refractivity contribution in [2.45, 2.75) is 149 Å². The largest absolute Gasteiger partial charge is 0.221 e.